The Kier molecular flexibility index (Phi) is 4.63. The molecular formula is C13H17N5O. The van der Waals surface area contributed by atoms with Gasteiger partial charge in [0.05, 0.1) is 6.04 Å². The number of nitrogens with zero attached hydrogens (tertiary/aromatic N) is 3. The Labute approximate surface area is 111 Å². The van der Waals surface area contributed by atoms with Gasteiger partial charge in [-0.15, -0.1) is 10.2 Å². The topological polar surface area (TPSA) is 75.7 Å². The summed E-state index contributed by atoms with van der Waals surface area (Å²) in [6, 6.07) is 7.98. The minimum Gasteiger partial charge on any atom is -0.490 e. The first kappa shape index (κ1) is 13.2. The zero-order chi connectivity index (χ0) is 13.5. The summed E-state index contributed by atoms with van der Waals surface area (Å²) in [5, 5.41) is 17.2. The lowest BCUT2D eigenvalue weighted by Crippen LogP contribution is -2.19. The van der Waals surface area contributed by atoms with E-state index in [1.807, 2.05) is 31.2 Å². The van der Waals surface area contributed by atoms with E-state index in [1.165, 1.54) is 5.56 Å². The van der Waals surface area contributed by atoms with Crippen molar-refractivity contribution in [3.63, 3.8) is 0 Å². The molecule has 6 nitrogen and oxygen atoms in total. The summed E-state index contributed by atoms with van der Waals surface area (Å²) in [6.07, 6.45) is 1.72. The zero-order valence-corrected chi connectivity index (χ0v) is 10.8. The van der Waals surface area contributed by atoms with Crippen LogP contribution in [0.1, 0.15) is 24.4 Å². The van der Waals surface area contributed by atoms with E-state index in [1.54, 1.807) is 6.08 Å². The third-order valence-electron chi connectivity index (χ3n) is 2.65. The van der Waals surface area contributed by atoms with Crippen molar-refractivity contribution in [3.8, 4) is 5.75 Å². The van der Waals surface area contributed by atoms with Crippen LogP contribution in [0.25, 0.3) is 0 Å². The minimum absolute atomic E-state index is 0.0513. The number of hydrogen-bond acceptors (Lipinski definition) is 5. The van der Waals surface area contributed by atoms with Crippen LogP contribution in [0.4, 0.5) is 0 Å². The molecule has 0 saturated carbocycles. The molecule has 1 atom stereocenters. The standard InChI is InChI=1S/C13H17N5O/c1-3-8-19-12-6-4-11(5-7-12)9-14-10(2)13-15-17-18-16-13/h3-7,10,14H,1,8-9H2,2H3,(H,15,16,17,18). The van der Waals surface area contributed by atoms with E-state index in [9.17, 15) is 0 Å². The molecule has 19 heavy (non-hydrogen) atoms. The van der Waals surface area contributed by atoms with Crippen molar-refractivity contribution in [2.75, 3.05) is 6.61 Å². The highest BCUT2D eigenvalue weighted by Crippen LogP contribution is 2.13. The van der Waals surface area contributed by atoms with E-state index in [0.29, 0.717) is 12.4 Å². The summed E-state index contributed by atoms with van der Waals surface area (Å²) >= 11 is 0. The van der Waals surface area contributed by atoms with Crippen LogP contribution in [0, 0.1) is 0 Å². The maximum absolute atomic E-state index is 5.42. The predicted molar refractivity (Wildman–Crippen MR) is 71.6 cm³/mol. The Hall–Kier alpha value is -2.21. The summed E-state index contributed by atoms with van der Waals surface area (Å²) in [7, 11) is 0. The van der Waals surface area contributed by atoms with E-state index >= 15 is 0 Å². The summed E-state index contributed by atoms with van der Waals surface area (Å²) < 4.78 is 5.42. The molecule has 2 N–H and O–H groups in total. The maximum atomic E-state index is 5.42. The lowest BCUT2D eigenvalue weighted by molar-refractivity contribution is 0.363. The molecule has 2 aromatic rings. The fourth-order valence-corrected chi connectivity index (χ4v) is 1.57. The number of rotatable bonds is 7. The van der Waals surface area contributed by atoms with Gasteiger partial charge in [-0.2, -0.15) is 5.21 Å². The number of benzene rings is 1. The smallest absolute Gasteiger partial charge is 0.191 e. The van der Waals surface area contributed by atoms with Crippen LogP contribution in [0.15, 0.2) is 36.9 Å². The Balaban J connectivity index is 1.84. The van der Waals surface area contributed by atoms with Crippen LogP contribution < -0.4 is 10.1 Å². The Morgan fingerprint density at radius 1 is 1.42 bits per heavy atom. The van der Waals surface area contributed by atoms with Gasteiger partial charge in [0.2, 0.25) is 0 Å². The number of H-pyrrole nitrogens is 1. The van der Waals surface area contributed by atoms with Crippen molar-refractivity contribution in [2.45, 2.75) is 19.5 Å². The normalized spacial score (nSPS) is 12.1. The second kappa shape index (κ2) is 6.65. The highest BCUT2D eigenvalue weighted by Gasteiger charge is 2.08. The van der Waals surface area contributed by atoms with Crippen LogP contribution in [-0.2, 0) is 6.54 Å². The van der Waals surface area contributed by atoms with Gasteiger partial charge in [0.15, 0.2) is 5.82 Å². The van der Waals surface area contributed by atoms with Crippen LogP contribution in [-0.4, -0.2) is 27.2 Å². The lowest BCUT2D eigenvalue weighted by Gasteiger charge is -2.10. The zero-order valence-electron chi connectivity index (χ0n) is 10.8. The van der Waals surface area contributed by atoms with Gasteiger partial charge in [0, 0.05) is 6.54 Å². The van der Waals surface area contributed by atoms with E-state index in [4.69, 9.17) is 4.74 Å². The average Bonchev–Trinajstić information content (AvgIpc) is 2.98. The van der Waals surface area contributed by atoms with E-state index in [-0.39, 0.29) is 6.04 Å². The monoisotopic (exact) mass is 259 g/mol. The number of hydrogen-bond donors (Lipinski definition) is 2. The average molecular weight is 259 g/mol. The molecule has 2 rings (SSSR count). The number of tetrazole rings is 1. The molecule has 100 valence electrons. The summed E-state index contributed by atoms with van der Waals surface area (Å²) in [5.74, 6) is 1.50. The van der Waals surface area contributed by atoms with Crippen molar-refractivity contribution >= 4 is 0 Å². The Morgan fingerprint density at radius 2 is 2.21 bits per heavy atom. The van der Waals surface area contributed by atoms with E-state index < -0.39 is 0 Å². The van der Waals surface area contributed by atoms with Crippen molar-refractivity contribution in [1.29, 1.82) is 0 Å². The van der Waals surface area contributed by atoms with Crippen LogP contribution in [0.2, 0.25) is 0 Å². The number of nitrogens with one attached hydrogen (secondary N) is 2. The van der Waals surface area contributed by atoms with Gasteiger partial charge in [0.1, 0.15) is 12.4 Å². The highest BCUT2D eigenvalue weighted by molar-refractivity contribution is 5.27. The van der Waals surface area contributed by atoms with Crippen LogP contribution >= 0.6 is 0 Å². The third kappa shape index (κ3) is 3.89. The number of ether oxygens (including phenoxy) is 1. The van der Waals surface area contributed by atoms with Crippen LogP contribution in [0.5, 0.6) is 5.75 Å². The van der Waals surface area contributed by atoms with Gasteiger partial charge >= 0.3 is 0 Å². The molecule has 0 aliphatic rings. The minimum atomic E-state index is 0.0513. The molecule has 0 aliphatic carbocycles. The molecule has 0 spiro atoms. The largest absolute Gasteiger partial charge is 0.490 e. The first-order valence-electron chi connectivity index (χ1n) is 6.09. The van der Waals surface area contributed by atoms with Crippen molar-refractivity contribution in [1.82, 2.24) is 25.9 Å². The number of aromatic amines is 1. The fraction of sp³-hybridized carbons (Fsp3) is 0.308. The molecular weight excluding hydrogens is 242 g/mol. The van der Waals surface area contributed by atoms with Crippen LogP contribution in [0.3, 0.4) is 0 Å². The summed E-state index contributed by atoms with van der Waals surface area (Å²) in [4.78, 5) is 0. The summed E-state index contributed by atoms with van der Waals surface area (Å²) in [6.45, 7) is 6.86. The van der Waals surface area contributed by atoms with E-state index in [2.05, 4.69) is 32.5 Å². The molecule has 0 aliphatic heterocycles. The second-order valence-corrected chi connectivity index (χ2v) is 4.12. The fourth-order valence-electron chi connectivity index (χ4n) is 1.57. The van der Waals surface area contributed by atoms with Gasteiger partial charge in [-0.05, 0) is 24.6 Å². The number of aromatic nitrogens is 4. The molecule has 0 fully saturated rings. The quantitative estimate of drug-likeness (QED) is 0.739. The van der Waals surface area contributed by atoms with Crippen molar-refractivity contribution in [3.05, 3.63) is 48.3 Å². The molecule has 0 amide bonds. The molecule has 0 radical (unpaired) electrons. The predicted octanol–water partition coefficient (Wildman–Crippen LogP) is 1.62. The molecule has 6 heteroatoms. The Morgan fingerprint density at radius 3 is 2.84 bits per heavy atom. The van der Waals surface area contributed by atoms with Gasteiger partial charge in [-0.3, -0.25) is 0 Å². The summed E-state index contributed by atoms with van der Waals surface area (Å²) in [5.41, 5.74) is 1.17. The highest BCUT2D eigenvalue weighted by atomic mass is 16.5. The molecule has 1 unspecified atom stereocenters. The molecule has 1 aromatic carbocycles. The third-order valence-corrected chi connectivity index (χ3v) is 2.65. The lowest BCUT2D eigenvalue weighted by atomic mass is 10.2. The SMILES string of the molecule is C=CCOc1ccc(CNC(C)c2nn[nH]n2)cc1. The first-order chi connectivity index (χ1) is 9.29. The van der Waals surface area contributed by atoms with Gasteiger partial charge in [-0.25, -0.2) is 0 Å². The molecule has 1 heterocycles. The van der Waals surface area contributed by atoms with Gasteiger partial charge in [0.25, 0.3) is 0 Å². The first-order valence-corrected chi connectivity index (χ1v) is 6.09. The second-order valence-electron chi connectivity index (χ2n) is 4.12. The van der Waals surface area contributed by atoms with Gasteiger partial charge in [-0.1, -0.05) is 30.0 Å². The van der Waals surface area contributed by atoms with Crippen molar-refractivity contribution < 1.29 is 4.74 Å². The molecule has 1 aromatic heterocycles. The molecule has 0 saturated heterocycles. The Bertz CT molecular complexity index is 494. The van der Waals surface area contributed by atoms with Crippen molar-refractivity contribution in [2.24, 2.45) is 0 Å². The van der Waals surface area contributed by atoms with Gasteiger partial charge < -0.3 is 10.1 Å². The van der Waals surface area contributed by atoms with E-state index in [0.717, 1.165) is 12.3 Å². The maximum Gasteiger partial charge on any atom is 0.191 e. The molecule has 0 bridgehead atoms.